The Kier molecular flexibility index (Phi) is 7.60. The first-order valence-electron chi connectivity index (χ1n) is 8.82. The SMILES string of the molecule is Cc1cccc(CO[C@@H]2CC[C@H]3[C@H]2OCCN3S(C)(=O)=O)n1.O=C(O)C(F)(F)F. The number of carboxylic acids is 1. The minimum Gasteiger partial charge on any atom is -0.475 e. The summed E-state index contributed by atoms with van der Waals surface area (Å²) in [6, 6.07) is 5.74. The van der Waals surface area contributed by atoms with Crippen LogP contribution in [0.3, 0.4) is 0 Å². The molecule has 12 heteroatoms. The number of hydrogen-bond donors (Lipinski definition) is 1. The first kappa shape index (κ1) is 23.5. The predicted molar refractivity (Wildman–Crippen MR) is 95.6 cm³/mol. The summed E-state index contributed by atoms with van der Waals surface area (Å²) in [6.45, 7) is 3.24. The number of carbonyl (C=O) groups is 1. The normalized spacial score (nSPS) is 25.1. The molecule has 1 N–H and O–H groups in total. The van der Waals surface area contributed by atoms with Crippen molar-refractivity contribution >= 4 is 16.0 Å². The molecule has 0 aromatic carbocycles. The number of rotatable bonds is 4. The van der Waals surface area contributed by atoms with Crippen LogP contribution in [0.2, 0.25) is 0 Å². The van der Waals surface area contributed by atoms with Crippen LogP contribution < -0.4 is 0 Å². The molecule has 1 saturated heterocycles. The van der Waals surface area contributed by atoms with Gasteiger partial charge in [0.25, 0.3) is 0 Å². The summed E-state index contributed by atoms with van der Waals surface area (Å²) < 4.78 is 68.8. The van der Waals surface area contributed by atoms with Gasteiger partial charge in [-0.3, -0.25) is 4.98 Å². The molecule has 1 aliphatic heterocycles. The van der Waals surface area contributed by atoms with E-state index < -0.39 is 22.2 Å². The molecule has 2 fully saturated rings. The van der Waals surface area contributed by atoms with Crippen molar-refractivity contribution in [1.29, 1.82) is 0 Å². The lowest BCUT2D eigenvalue weighted by Crippen LogP contribution is -2.53. The Morgan fingerprint density at radius 3 is 2.59 bits per heavy atom. The average Bonchev–Trinajstić information content (AvgIpc) is 3.02. The number of aryl methyl sites for hydroxylation is 1. The molecule has 0 unspecified atom stereocenters. The Hall–Kier alpha value is -1.76. The number of pyridine rings is 1. The molecule has 1 aromatic heterocycles. The molecule has 3 atom stereocenters. The van der Waals surface area contributed by atoms with E-state index in [-0.39, 0.29) is 18.2 Å². The van der Waals surface area contributed by atoms with Gasteiger partial charge in [0, 0.05) is 12.2 Å². The molecular weight excluding hydrogens is 417 g/mol. The van der Waals surface area contributed by atoms with Gasteiger partial charge in [0.1, 0.15) is 6.10 Å². The van der Waals surface area contributed by atoms with Gasteiger partial charge in [-0.1, -0.05) is 6.07 Å². The number of aromatic nitrogens is 1. The summed E-state index contributed by atoms with van der Waals surface area (Å²) in [7, 11) is -3.19. The van der Waals surface area contributed by atoms with Gasteiger partial charge in [0.05, 0.1) is 37.3 Å². The quantitative estimate of drug-likeness (QED) is 0.760. The Labute approximate surface area is 166 Å². The molecule has 8 nitrogen and oxygen atoms in total. The number of aliphatic carboxylic acids is 1. The largest absolute Gasteiger partial charge is 0.490 e. The standard InChI is InChI=1S/C15H22N2O4S.C2HF3O2/c1-11-4-3-5-12(16-11)10-21-14-7-6-13-15(14)20-9-8-17(13)22(2,18)19;3-2(4,5)1(6)7/h3-5,13-15H,6-10H2,1-2H3;(H,6,7)/t13-,14+,15+;/m0./s1. The molecule has 3 rings (SSSR count). The van der Waals surface area contributed by atoms with Gasteiger partial charge in [-0.05, 0) is 31.9 Å². The third kappa shape index (κ3) is 6.63. The van der Waals surface area contributed by atoms with Crippen LogP contribution in [0, 0.1) is 6.92 Å². The third-order valence-electron chi connectivity index (χ3n) is 4.54. The molecule has 0 bridgehead atoms. The van der Waals surface area contributed by atoms with Gasteiger partial charge in [0.2, 0.25) is 10.0 Å². The Morgan fingerprint density at radius 2 is 2.03 bits per heavy atom. The molecule has 1 aromatic rings. The second-order valence-electron chi connectivity index (χ2n) is 6.78. The lowest BCUT2D eigenvalue weighted by molar-refractivity contribution is -0.192. The summed E-state index contributed by atoms with van der Waals surface area (Å²) in [5.41, 5.74) is 1.85. The van der Waals surface area contributed by atoms with E-state index in [4.69, 9.17) is 19.4 Å². The Morgan fingerprint density at radius 1 is 1.38 bits per heavy atom. The topological polar surface area (TPSA) is 106 Å². The smallest absolute Gasteiger partial charge is 0.475 e. The summed E-state index contributed by atoms with van der Waals surface area (Å²) in [6.07, 6.45) is -2.47. The molecule has 2 aliphatic rings. The summed E-state index contributed by atoms with van der Waals surface area (Å²) >= 11 is 0. The second kappa shape index (κ2) is 9.37. The highest BCUT2D eigenvalue weighted by atomic mass is 32.2. The van der Waals surface area contributed by atoms with E-state index in [1.54, 1.807) is 4.31 Å². The van der Waals surface area contributed by atoms with Gasteiger partial charge in [0.15, 0.2) is 0 Å². The molecular formula is C17H23F3N2O6S. The van der Waals surface area contributed by atoms with Gasteiger partial charge in [-0.15, -0.1) is 0 Å². The summed E-state index contributed by atoms with van der Waals surface area (Å²) in [5, 5.41) is 7.12. The van der Waals surface area contributed by atoms with E-state index in [2.05, 4.69) is 4.98 Å². The predicted octanol–water partition coefficient (Wildman–Crippen LogP) is 1.73. The van der Waals surface area contributed by atoms with Crippen molar-refractivity contribution in [3.8, 4) is 0 Å². The molecule has 1 saturated carbocycles. The Balaban J connectivity index is 0.000000370. The molecule has 1 aliphatic carbocycles. The summed E-state index contributed by atoms with van der Waals surface area (Å²) in [4.78, 5) is 13.3. The number of fused-ring (bicyclic) bond motifs is 1. The molecule has 0 spiro atoms. The molecule has 29 heavy (non-hydrogen) atoms. The van der Waals surface area contributed by atoms with Crippen LogP contribution in [0.25, 0.3) is 0 Å². The molecule has 164 valence electrons. The van der Waals surface area contributed by atoms with Crippen molar-refractivity contribution in [2.75, 3.05) is 19.4 Å². The van der Waals surface area contributed by atoms with Crippen molar-refractivity contribution in [3.63, 3.8) is 0 Å². The highest BCUT2D eigenvalue weighted by Crippen LogP contribution is 2.33. The van der Waals surface area contributed by atoms with Gasteiger partial charge < -0.3 is 14.6 Å². The van der Waals surface area contributed by atoms with E-state index in [0.717, 1.165) is 24.2 Å². The molecule has 2 heterocycles. The average molecular weight is 440 g/mol. The number of halogens is 3. The van der Waals surface area contributed by atoms with Crippen LogP contribution in [-0.2, 0) is 30.9 Å². The van der Waals surface area contributed by atoms with E-state index in [9.17, 15) is 21.6 Å². The number of morpholine rings is 1. The number of ether oxygens (including phenoxy) is 2. The van der Waals surface area contributed by atoms with Crippen LogP contribution in [0.5, 0.6) is 0 Å². The van der Waals surface area contributed by atoms with E-state index in [1.807, 2.05) is 25.1 Å². The first-order chi connectivity index (χ1) is 13.4. The van der Waals surface area contributed by atoms with E-state index in [1.165, 1.54) is 6.26 Å². The maximum Gasteiger partial charge on any atom is 0.490 e. The van der Waals surface area contributed by atoms with Crippen molar-refractivity contribution < 1.29 is 41.0 Å². The first-order valence-corrected chi connectivity index (χ1v) is 10.7. The third-order valence-corrected chi connectivity index (χ3v) is 5.85. The number of hydrogen-bond acceptors (Lipinski definition) is 6. The fourth-order valence-electron chi connectivity index (χ4n) is 3.34. The monoisotopic (exact) mass is 440 g/mol. The molecule has 0 amide bonds. The Bertz CT molecular complexity index is 818. The highest BCUT2D eigenvalue weighted by Gasteiger charge is 2.46. The number of sulfonamides is 1. The van der Waals surface area contributed by atoms with Crippen LogP contribution in [-0.4, -0.2) is 72.6 Å². The number of nitrogens with zero attached hydrogens (tertiary/aromatic N) is 2. The van der Waals surface area contributed by atoms with Crippen LogP contribution in [0.15, 0.2) is 18.2 Å². The number of alkyl halides is 3. The minimum atomic E-state index is -5.08. The van der Waals surface area contributed by atoms with Crippen molar-refractivity contribution in [3.05, 3.63) is 29.6 Å². The van der Waals surface area contributed by atoms with Crippen LogP contribution >= 0.6 is 0 Å². The van der Waals surface area contributed by atoms with E-state index in [0.29, 0.717) is 19.8 Å². The lowest BCUT2D eigenvalue weighted by atomic mass is 10.1. The second-order valence-corrected chi connectivity index (χ2v) is 8.71. The van der Waals surface area contributed by atoms with Crippen molar-refractivity contribution in [1.82, 2.24) is 9.29 Å². The zero-order valence-corrected chi connectivity index (χ0v) is 16.7. The maximum atomic E-state index is 11.9. The maximum absolute atomic E-state index is 11.9. The fourth-order valence-corrected chi connectivity index (χ4v) is 4.47. The zero-order valence-electron chi connectivity index (χ0n) is 15.9. The molecule has 0 radical (unpaired) electrons. The van der Waals surface area contributed by atoms with Gasteiger partial charge in [-0.25, -0.2) is 13.2 Å². The van der Waals surface area contributed by atoms with E-state index >= 15 is 0 Å². The van der Waals surface area contributed by atoms with Gasteiger partial charge >= 0.3 is 12.1 Å². The zero-order chi connectivity index (χ0) is 21.8. The van der Waals surface area contributed by atoms with Crippen LogP contribution in [0.1, 0.15) is 24.2 Å². The summed E-state index contributed by atoms with van der Waals surface area (Å²) in [5.74, 6) is -2.76. The van der Waals surface area contributed by atoms with Gasteiger partial charge in [-0.2, -0.15) is 17.5 Å². The minimum absolute atomic E-state index is 0.0723. The highest BCUT2D eigenvalue weighted by molar-refractivity contribution is 7.88. The van der Waals surface area contributed by atoms with Crippen molar-refractivity contribution in [2.45, 2.75) is 50.8 Å². The fraction of sp³-hybridized carbons (Fsp3) is 0.647. The van der Waals surface area contributed by atoms with Crippen molar-refractivity contribution in [2.24, 2.45) is 0 Å². The number of carboxylic acid groups (broad SMARTS) is 1. The lowest BCUT2D eigenvalue weighted by Gasteiger charge is -2.37. The van der Waals surface area contributed by atoms with Crippen LogP contribution in [0.4, 0.5) is 13.2 Å².